The second-order valence-corrected chi connectivity index (χ2v) is 5.41. The van der Waals surface area contributed by atoms with E-state index in [-0.39, 0.29) is 0 Å². The Hall–Kier alpha value is -3.21. The van der Waals surface area contributed by atoms with Crippen molar-refractivity contribution >= 4 is 11.0 Å². The van der Waals surface area contributed by atoms with E-state index in [0.717, 1.165) is 28.8 Å². The van der Waals surface area contributed by atoms with E-state index in [1.807, 2.05) is 48.5 Å². The molecule has 1 N–H and O–H groups in total. The maximum Gasteiger partial charge on any atom is 0.238 e. The van der Waals surface area contributed by atoms with Crippen LogP contribution in [0.2, 0.25) is 0 Å². The first-order valence-corrected chi connectivity index (χ1v) is 7.86. The van der Waals surface area contributed by atoms with Crippen LogP contribution in [0.1, 0.15) is 12.5 Å². The smallest absolute Gasteiger partial charge is 0.238 e. The monoisotopic (exact) mass is 316 g/mol. The quantitative estimate of drug-likeness (QED) is 0.607. The third kappa shape index (κ3) is 2.72. The Kier molecular flexibility index (Phi) is 3.67. The molecule has 0 aliphatic carbocycles. The molecule has 118 valence electrons. The van der Waals surface area contributed by atoms with E-state index in [1.54, 1.807) is 12.4 Å². The molecule has 2 aromatic carbocycles. The zero-order chi connectivity index (χ0) is 16.4. The number of hydrogen-bond acceptors (Lipinski definition) is 4. The molecule has 4 aromatic rings. The van der Waals surface area contributed by atoms with Gasteiger partial charge in [0.25, 0.3) is 0 Å². The van der Waals surface area contributed by atoms with Gasteiger partial charge in [0.15, 0.2) is 5.82 Å². The second kappa shape index (κ2) is 6.12. The van der Waals surface area contributed by atoms with Crippen LogP contribution in [0.25, 0.3) is 22.6 Å². The Balaban J connectivity index is 1.68. The highest BCUT2D eigenvalue weighted by atomic mass is 16.5. The van der Waals surface area contributed by atoms with Crippen LogP contribution in [-0.4, -0.2) is 19.9 Å². The molecule has 0 aliphatic rings. The molecule has 5 nitrogen and oxygen atoms in total. The zero-order valence-corrected chi connectivity index (χ0v) is 13.2. The summed E-state index contributed by atoms with van der Waals surface area (Å²) in [5.41, 5.74) is 3.65. The van der Waals surface area contributed by atoms with Gasteiger partial charge in [0, 0.05) is 0 Å². The average Bonchev–Trinajstić information content (AvgIpc) is 3.07. The Morgan fingerprint density at radius 2 is 1.79 bits per heavy atom. The summed E-state index contributed by atoms with van der Waals surface area (Å²) in [5.74, 6) is 1.93. The summed E-state index contributed by atoms with van der Waals surface area (Å²) in [6.07, 6.45) is 4.18. The first kappa shape index (κ1) is 14.4. The van der Waals surface area contributed by atoms with Gasteiger partial charge in [0.2, 0.25) is 5.88 Å². The van der Waals surface area contributed by atoms with Crippen LogP contribution in [0.15, 0.2) is 60.9 Å². The highest BCUT2D eigenvalue weighted by Crippen LogP contribution is 2.25. The lowest BCUT2D eigenvalue weighted by atomic mass is 10.1. The molecule has 0 spiro atoms. The molecule has 24 heavy (non-hydrogen) atoms. The standard InChI is InChI=1S/C19H16N4O/c1-2-13-7-3-6-10-17(13)24-18-12-20-11-16(21-18)19-22-14-8-4-5-9-15(14)23-19/h3-12H,2H2,1H3,(H,22,23). The number of rotatable bonds is 4. The molecule has 2 heterocycles. The van der Waals surface area contributed by atoms with Crippen LogP contribution in [-0.2, 0) is 6.42 Å². The molecule has 0 saturated heterocycles. The summed E-state index contributed by atoms with van der Waals surface area (Å²) in [6, 6.07) is 15.8. The fourth-order valence-electron chi connectivity index (χ4n) is 2.59. The largest absolute Gasteiger partial charge is 0.437 e. The van der Waals surface area contributed by atoms with Crippen molar-refractivity contribution in [1.29, 1.82) is 0 Å². The molecule has 0 fully saturated rings. The van der Waals surface area contributed by atoms with Gasteiger partial charge >= 0.3 is 0 Å². The van der Waals surface area contributed by atoms with Crippen molar-refractivity contribution in [2.45, 2.75) is 13.3 Å². The van der Waals surface area contributed by atoms with Crippen molar-refractivity contribution in [2.24, 2.45) is 0 Å². The van der Waals surface area contributed by atoms with E-state index in [2.05, 4.69) is 26.9 Å². The number of hydrogen-bond donors (Lipinski definition) is 1. The molecule has 0 unspecified atom stereocenters. The maximum absolute atomic E-state index is 5.92. The van der Waals surface area contributed by atoms with Crippen molar-refractivity contribution < 1.29 is 4.74 Å². The molecule has 0 amide bonds. The second-order valence-electron chi connectivity index (χ2n) is 5.41. The van der Waals surface area contributed by atoms with Crippen molar-refractivity contribution in [3.8, 4) is 23.1 Å². The molecular weight excluding hydrogens is 300 g/mol. The number of nitrogens with zero attached hydrogens (tertiary/aromatic N) is 3. The summed E-state index contributed by atoms with van der Waals surface area (Å²) in [7, 11) is 0. The Labute approximate surface area is 139 Å². The number of aromatic amines is 1. The summed E-state index contributed by atoms with van der Waals surface area (Å²) in [6.45, 7) is 2.10. The number of benzene rings is 2. The number of H-pyrrole nitrogens is 1. The lowest BCUT2D eigenvalue weighted by Crippen LogP contribution is -1.95. The van der Waals surface area contributed by atoms with Gasteiger partial charge in [-0.3, -0.25) is 4.98 Å². The van der Waals surface area contributed by atoms with Gasteiger partial charge in [-0.2, -0.15) is 0 Å². The third-order valence-corrected chi connectivity index (χ3v) is 3.81. The number of aryl methyl sites for hydroxylation is 1. The minimum absolute atomic E-state index is 0.453. The van der Waals surface area contributed by atoms with Gasteiger partial charge in [-0.05, 0) is 30.2 Å². The first-order chi connectivity index (χ1) is 11.8. The zero-order valence-electron chi connectivity index (χ0n) is 13.2. The molecule has 5 heteroatoms. The lowest BCUT2D eigenvalue weighted by molar-refractivity contribution is 0.455. The summed E-state index contributed by atoms with van der Waals surface area (Å²) >= 11 is 0. The Morgan fingerprint density at radius 1 is 0.958 bits per heavy atom. The minimum Gasteiger partial charge on any atom is -0.437 e. The molecular formula is C19H16N4O. The lowest BCUT2D eigenvalue weighted by Gasteiger charge is -2.09. The molecule has 0 radical (unpaired) electrons. The van der Waals surface area contributed by atoms with Gasteiger partial charge < -0.3 is 9.72 Å². The van der Waals surface area contributed by atoms with Gasteiger partial charge in [0.1, 0.15) is 11.4 Å². The average molecular weight is 316 g/mol. The summed E-state index contributed by atoms with van der Waals surface area (Å²) in [4.78, 5) is 16.6. The van der Waals surface area contributed by atoms with Crippen LogP contribution >= 0.6 is 0 Å². The molecule has 2 aromatic heterocycles. The van der Waals surface area contributed by atoms with E-state index in [9.17, 15) is 0 Å². The molecule has 0 aliphatic heterocycles. The number of ether oxygens (including phenoxy) is 1. The third-order valence-electron chi connectivity index (χ3n) is 3.81. The minimum atomic E-state index is 0.453. The number of imidazole rings is 1. The van der Waals surface area contributed by atoms with Crippen LogP contribution in [0.4, 0.5) is 0 Å². The van der Waals surface area contributed by atoms with Gasteiger partial charge in [-0.25, -0.2) is 9.97 Å². The highest BCUT2D eigenvalue weighted by molar-refractivity contribution is 5.78. The summed E-state index contributed by atoms with van der Waals surface area (Å²) in [5, 5.41) is 0. The van der Waals surface area contributed by atoms with E-state index < -0.39 is 0 Å². The Bertz CT molecular complexity index is 960. The van der Waals surface area contributed by atoms with Crippen molar-refractivity contribution in [3.63, 3.8) is 0 Å². The summed E-state index contributed by atoms with van der Waals surface area (Å²) < 4.78 is 5.92. The fraction of sp³-hybridized carbons (Fsp3) is 0.105. The van der Waals surface area contributed by atoms with Gasteiger partial charge in [-0.1, -0.05) is 37.3 Å². The molecule has 0 atom stereocenters. The number of para-hydroxylation sites is 3. The van der Waals surface area contributed by atoms with Gasteiger partial charge in [0.05, 0.1) is 23.4 Å². The van der Waals surface area contributed by atoms with E-state index in [0.29, 0.717) is 17.4 Å². The fourth-order valence-corrected chi connectivity index (χ4v) is 2.59. The predicted molar refractivity (Wildman–Crippen MR) is 93.0 cm³/mol. The van der Waals surface area contributed by atoms with Gasteiger partial charge in [-0.15, -0.1) is 0 Å². The van der Waals surface area contributed by atoms with E-state index in [1.165, 1.54) is 0 Å². The Morgan fingerprint density at radius 3 is 2.67 bits per heavy atom. The number of aromatic nitrogens is 4. The SMILES string of the molecule is CCc1ccccc1Oc1cncc(-c2nc3ccccc3[nH]2)n1. The van der Waals surface area contributed by atoms with Crippen molar-refractivity contribution in [3.05, 3.63) is 66.5 Å². The first-order valence-electron chi connectivity index (χ1n) is 7.86. The normalized spacial score (nSPS) is 10.9. The molecule has 0 bridgehead atoms. The topological polar surface area (TPSA) is 63.7 Å². The van der Waals surface area contributed by atoms with Crippen LogP contribution in [0.3, 0.4) is 0 Å². The predicted octanol–water partition coefficient (Wildman–Crippen LogP) is 4.37. The van der Waals surface area contributed by atoms with Crippen LogP contribution < -0.4 is 4.74 Å². The number of nitrogens with one attached hydrogen (secondary N) is 1. The van der Waals surface area contributed by atoms with Crippen molar-refractivity contribution in [2.75, 3.05) is 0 Å². The van der Waals surface area contributed by atoms with Crippen LogP contribution in [0.5, 0.6) is 11.6 Å². The highest BCUT2D eigenvalue weighted by Gasteiger charge is 2.09. The van der Waals surface area contributed by atoms with Crippen LogP contribution in [0, 0.1) is 0 Å². The van der Waals surface area contributed by atoms with E-state index >= 15 is 0 Å². The number of fused-ring (bicyclic) bond motifs is 1. The maximum atomic E-state index is 5.92. The molecule has 0 saturated carbocycles. The van der Waals surface area contributed by atoms with Crippen molar-refractivity contribution in [1.82, 2.24) is 19.9 Å². The molecule has 4 rings (SSSR count). The van der Waals surface area contributed by atoms with E-state index in [4.69, 9.17) is 4.74 Å².